The van der Waals surface area contributed by atoms with E-state index in [1.54, 1.807) is 0 Å². The van der Waals surface area contributed by atoms with Crippen molar-refractivity contribution in [2.75, 3.05) is 26.3 Å². The number of ether oxygens (including phenoxy) is 2. The third kappa shape index (κ3) is 31.5. The molecule has 0 amide bonds. The van der Waals surface area contributed by atoms with E-state index in [9.17, 15) is 14.2 Å². The van der Waals surface area contributed by atoms with Crippen LogP contribution in [0.5, 0.6) is 0 Å². The maximum atomic E-state index is 12.3. The Morgan fingerprint density at radius 2 is 1.23 bits per heavy atom. The summed E-state index contributed by atoms with van der Waals surface area (Å²) in [5, 5.41) is 3.24. The molecule has 0 unspecified atom stereocenters. The van der Waals surface area contributed by atoms with Crippen molar-refractivity contribution < 1.29 is 37.9 Å². The van der Waals surface area contributed by atoms with Crippen molar-refractivity contribution in [1.29, 1.82) is 0 Å². The van der Waals surface area contributed by atoms with Gasteiger partial charge in [0.15, 0.2) is 0 Å². The van der Waals surface area contributed by atoms with Gasteiger partial charge >= 0.3 is 13.8 Å². The zero-order valence-corrected chi connectivity index (χ0v) is 26.2. The Bertz CT molecular complexity index is 617. The number of hydrogen-bond donors (Lipinski definition) is 3. The lowest BCUT2D eigenvalue weighted by molar-refractivity contribution is -0.150. The molecule has 0 aliphatic carbocycles. The number of phosphoric acid groups is 1. The fourth-order valence-corrected chi connectivity index (χ4v) is 5.01. The van der Waals surface area contributed by atoms with Crippen LogP contribution in [0.25, 0.3) is 0 Å². The highest BCUT2D eigenvalue weighted by Gasteiger charge is 2.21. The summed E-state index contributed by atoms with van der Waals surface area (Å²) in [7, 11) is -4.62. The van der Waals surface area contributed by atoms with Crippen molar-refractivity contribution in [2.45, 2.75) is 154 Å². The van der Waals surface area contributed by atoms with Crippen LogP contribution in [0.1, 0.15) is 148 Å². The van der Waals surface area contributed by atoms with Gasteiger partial charge in [0.1, 0.15) is 6.10 Å². The normalized spacial score (nSPS) is 12.4. The standard InChI is InChI=1S/C30H60NO8P/c1-2-3-4-5-6-7-11-14-17-20-23-30(33)39-29(27-38-40(34,35)36)26-31-24-21-18-15-12-9-8-10-13-16-19-22-25-37-28-32/h28-29,31H,2-27H2,1H3,(H2,34,35,36)/t29-/m0/s1. The molecule has 0 aromatic carbocycles. The third-order valence-electron chi connectivity index (χ3n) is 7.02. The number of esters is 1. The Labute approximate surface area is 244 Å². The topological polar surface area (TPSA) is 131 Å². The van der Waals surface area contributed by atoms with E-state index in [1.165, 1.54) is 89.9 Å². The van der Waals surface area contributed by atoms with E-state index in [4.69, 9.17) is 14.5 Å². The van der Waals surface area contributed by atoms with E-state index < -0.39 is 13.9 Å². The molecule has 0 rings (SSSR count). The summed E-state index contributed by atoms with van der Waals surface area (Å²) in [5.41, 5.74) is 0. The van der Waals surface area contributed by atoms with Gasteiger partial charge in [-0.25, -0.2) is 4.57 Å². The highest BCUT2D eigenvalue weighted by atomic mass is 31.2. The van der Waals surface area contributed by atoms with Crippen molar-refractivity contribution in [3.05, 3.63) is 0 Å². The fourth-order valence-electron chi connectivity index (χ4n) is 4.65. The summed E-state index contributed by atoms with van der Waals surface area (Å²) in [6.45, 7) is 4.01. The average molecular weight is 594 g/mol. The first kappa shape index (κ1) is 39.0. The first-order valence-corrected chi connectivity index (χ1v) is 17.6. The van der Waals surface area contributed by atoms with Gasteiger partial charge in [-0.05, 0) is 25.8 Å². The summed E-state index contributed by atoms with van der Waals surface area (Å²) in [6, 6.07) is 0. The van der Waals surface area contributed by atoms with Gasteiger partial charge in [-0.15, -0.1) is 0 Å². The second-order valence-electron chi connectivity index (χ2n) is 10.9. The molecule has 0 bridgehead atoms. The van der Waals surface area contributed by atoms with Gasteiger partial charge in [0, 0.05) is 13.0 Å². The second-order valence-corrected chi connectivity index (χ2v) is 12.1. The molecule has 0 radical (unpaired) electrons. The monoisotopic (exact) mass is 593 g/mol. The highest BCUT2D eigenvalue weighted by molar-refractivity contribution is 7.46. The van der Waals surface area contributed by atoms with Gasteiger partial charge in [0.05, 0.1) is 13.2 Å². The first-order chi connectivity index (χ1) is 19.4. The molecule has 40 heavy (non-hydrogen) atoms. The molecule has 1 atom stereocenters. The van der Waals surface area contributed by atoms with E-state index in [1.807, 2.05) is 0 Å². The molecule has 9 nitrogen and oxygen atoms in total. The third-order valence-corrected chi connectivity index (χ3v) is 7.50. The molecule has 0 aliphatic rings. The lowest BCUT2D eigenvalue weighted by Gasteiger charge is -2.19. The van der Waals surface area contributed by atoms with E-state index in [0.29, 0.717) is 26.0 Å². The number of unbranched alkanes of at least 4 members (excludes halogenated alkanes) is 19. The molecule has 0 aromatic heterocycles. The van der Waals surface area contributed by atoms with Gasteiger partial charge in [-0.2, -0.15) is 0 Å². The van der Waals surface area contributed by atoms with Crippen molar-refractivity contribution in [2.24, 2.45) is 0 Å². The Morgan fingerprint density at radius 1 is 0.750 bits per heavy atom. The largest absolute Gasteiger partial charge is 0.469 e. The van der Waals surface area contributed by atoms with E-state index in [0.717, 1.165) is 51.5 Å². The molecule has 0 heterocycles. The van der Waals surface area contributed by atoms with Crippen LogP contribution in [0.15, 0.2) is 0 Å². The van der Waals surface area contributed by atoms with Gasteiger partial charge in [0.2, 0.25) is 0 Å². The minimum atomic E-state index is -4.62. The van der Waals surface area contributed by atoms with Crippen molar-refractivity contribution in [3.63, 3.8) is 0 Å². The predicted molar refractivity (Wildman–Crippen MR) is 160 cm³/mol. The molecule has 238 valence electrons. The van der Waals surface area contributed by atoms with Crippen LogP contribution < -0.4 is 5.32 Å². The molecular formula is C30H60NO8P. The van der Waals surface area contributed by atoms with Crippen LogP contribution in [0, 0.1) is 0 Å². The number of hydrogen-bond acceptors (Lipinski definition) is 7. The van der Waals surface area contributed by atoms with Crippen molar-refractivity contribution in [3.8, 4) is 0 Å². The predicted octanol–water partition coefficient (Wildman–Crippen LogP) is 7.37. The molecule has 3 N–H and O–H groups in total. The van der Waals surface area contributed by atoms with E-state index in [-0.39, 0.29) is 12.6 Å². The SMILES string of the molecule is CCCCCCCCCCCCC(=O)O[C@@H](CNCCCCCCCCCCCCCOC=O)COP(=O)(O)O. The van der Waals surface area contributed by atoms with E-state index >= 15 is 0 Å². The van der Waals surface area contributed by atoms with Crippen LogP contribution in [0.3, 0.4) is 0 Å². The lowest BCUT2D eigenvalue weighted by Crippen LogP contribution is -2.35. The molecule has 0 fully saturated rings. The first-order valence-electron chi connectivity index (χ1n) is 16.0. The Morgan fingerprint density at radius 3 is 1.73 bits per heavy atom. The zero-order valence-electron chi connectivity index (χ0n) is 25.3. The molecule has 0 aliphatic heterocycles. The quantitative estimate of drug-likeness (QED) is 0.0316. The summed E-state index contributed by atoms with van der Waals surface area (Å²) in [6.07, 6.45) is 24.2. The molecular weight excluding hydrogens is 533 g/mol. The highest BCUT2D eigenvalue weighted by Crippen LogP contribution is 2.35. The maximum Gasteiger partial charge on any atom is 0.469 e. The van der Waals surface area contributed by atoms with Crippen LogP contribution in [-0.4, -0.2) is 54.6 Å². The Balaban J connectivity index is 3.82. The molecule has 0 saturated carbocycles. The lowest BCUT2D eigenvalue weighted by atomic mass is 10.1. The average Bonchev–Trinajstić information content (AvgIpc) is 2.92. The minimum absolute atomic E-state index is 0.311. The number of rotatable bonds is 32. The summed E-state index contributed by atoms with van der Waals surface area (Å²) >= 11 is 0. The molecule has 0 aromatic rings. The van der Waals surface area contributed by atoms with Crippen molar-refractivity contribution in [1.82, 2.24) is 5.32 Å². The second kappa shape index (κ2) is 29.5. The van der Waals surface area contributed by atoms with Crippen LogP contribution in [0.2, 0.25) is 0 Å². The van der Waals surface area contributed by atoms with Gasteiger partial charge in [-0.3, -0.25) is 14.1 Å². The number of nitrogens with one attached hydrogen (secondary N) is 1. The minimum Gasteiger partial charge on any atom is -0.468 e. The van der Waals surface area contributed by atoms with E-state index in [2.05, 4.69) is 21.5 Å². The van der Waals surface area contributed by atoms with Crippen LogP contribution >= 0.6 is 7.82 Å². The summed E-state index contributed by atoms with van der Waals surface area (Å²) in [5.74, 6) is -0.340. The summed E-state index contributed by atoms with van der Waals surface area (Å²) < 4.78 is 25.9. The zero-order chi connectivity index (χ0) is 29.6. The molecule has 0 spiro atoms. The van der Waals surface area contributed by atoms with Crippen molar-refractivity contribution >= 4 is 20.3 Å². The fraction of sp³-hybridized carbons (Fsp3) is 0.933. The van der Waals surface area contributed by atoms with Crippen LogP contribution in [-0.2, 0) is 28.2 Å². The smallest absolute Gasteiger partial charge is 0.468 e. The summed E-state index contributed by atoms with van der Waals surface area (Å²) in [4.78, 5) is 40.4. The van der Waals surface area contributed by atoms with Crippen LogP contribution in [0.4, 0.5) is 0 Å². The van der Waals surface area contributed by atoms with Gasteiger partial charge in [0.25, 0.3) is 6.47 Å². The molecule has 0 saturated heterocycles. The molecule has 10 heteroatoms. The van der Waals surface area contributed by atoms with Gasteiger partial charge < -0.3 is 24.6 Å². The number of phosphoric ester groups is 1. The number of carbonyl (C=O) groups is 2. The Kier molecular flexibility index (Phi) is 28.8. The maximum absolute atomic E-state index is 12.3. The number of carbonyl (C=O) groups excluding carboxylic acids is 2. The van der Waals surface area contributed by atoms with Gasteiger partial charge in [-0.1, -0.05) is 122 Å². The Hall–Kier alpha value is -0.990.